The second-order valence-electron chi connectivity index (χ2n) is 7.11. The standard InChI is InChI=1S/C25H20FN3O2S2/c1-16(23(30)29-25-28-22(15-32-25)17-7-3-2-4-8-17)33-19-13-11-18(12-14-19)27-24(31)20-9-5-6-10-21(20)26/h2-16H,1H3,(H,27,31)(H,28,29,30). The van der Waals surface area contributed by atoms with Gasteiger partial charge in [-0.2, -0.15) is 0 Å². The van der Waals surface area contributed by atoms with Crippen LogP contribution in [0.4, 0.5) is 15.2 Å². The second kappa shape index (κ2) is 10.4. The summed E-state index contributed by atoms with van der Waals surface area (Å²) >= 11 is 2.78. The van der Waals surface area contributed by atoms with Gasteiger partial charge in [0.25, 0.3) is 5.91 Å². The summed E-state index contributed by atoms with van der Waals surface area (Å²) in [4.78, 5) is 30.2. The number of carbonyl (C=O) groups is 2. The lowest BCUT2D eigenvalue weighted by atomic mass is 10.2. The number of aromatic nitrogens is 1. The highest BCUT2D eigenvalue weighted by molar-refractivity contribution is 8.00. The van der Waals surface area contributed by atoms with Crippen LogP contribution in [-0.4, -0.2) is 22.0 Å². The van der Waals surface area contributed by atoms with Gasteiger partial charge in [0, 0.05) is 21.5 Å². The van der Waals surface area contributed by atoms with Crippen LogP contribution in [0.5, 0.6) is 0 Å². The third-order valence-electron chi connectivity index (χ3n) is 4.72. The molecule has 2 N–H and O–H groups in total. The fraction of sp³-hybridized carbons (Fsp3) is 0.0800. The number of hydrogen-bond donors (Lipinski definition) is 2. The van der Waals surface area contributed by atoms with E-state index in [1.165, 1.54) is 41.3 Å². The van der Waals surface area contributed by atoms with Gasteiger partial charge in [0.1, 0.15) is 5.82 Å². The Bertz CT molecular complexity index is 1260. The Hall–Kier alpha value is -3.49. The van der Waals surface area contributed by atoms with Crippen molar-refractivity contribution < 1.29 is 14.0 Å². The van der Waals surface area contributed by atoms with E-state index in [-0.39, 0.29) is 16.7 Å². The Morgan fingerprint density at radius 3 is 2.36 bits per heavy atom. The van der Waals surface area contributed by atoms with Crippen LogP contribution in [0.1, 0.15) is 17.3 Å². The average Bonchev–Trinajstić information content (AvgIpc) is 3.29. The Kier molecular flexibility index (Phi) is 7.16. The van der Waals surface area contributed by atoms with E-state index in [9.17, 15) is 14.0 Å². The van der Waals surface area contributed by atoms with Crippen molar-refractivity contribution in [1.29, 1.82) is 0 Å². The smallest absolute Gasteiger partial charge is 0.258 e. The van der Waals surface area contributed by atoms with Crippen LogP contribution in [0.25, 0.3) is 11.3 Å². The molecule has 0 saturated carbocycles. The zero-order valence-corrected chi connectivity index (χ0v) is 19.3. The lowest BCUT2D eigenvalue weighted by Crippen LogP contribution is -2.22. The lowest BCUT2D eigenvalue weighted by molar-refractivity contribution is -0.115. The normalized spacial score (nSPS) is 11.6. The van der Waals surface area contributed by atoms with Gasteiger partial charge in [0.15, 0.2) is 5.13 Å². The molecule has 0 spiro atoms. The minimum atomic E-state index is -0.571. The Morgan fingerprint density at radius 1 is 0.939 bits per heavy atom. The third kappa shape index (κ3) is 5.85. The number of benzene rings is 3. The van der Waals surface area contributed by atoms with Gasteiger partial charge in [-0.1, -0.05) is 42.5 Å². The van der Waals surface area contributed by atoms with Gasteiger partial charge < -0.3 is 10.6 Å². The van der Waals surface area contributed by atoms with Gasteiger partial charge in [0.05, 0.1) is 16.5 Å². The molecule has 2 amide bonds. The molecule has 0 bridgehead atoms. The van der Waals surface area contributed by atoms with Crippen LogP contribution >= 0.6 is 23.1 Å². The maximum atomic E-state index is 13.8. The predicted molar refractivity (Wildman–Crippen MR) is 132 cm³/mol. The predicted octanol–water partition coefficient (Wildman–Crippen LogP) is 6.32. The topological polar surface area (TPSA) is 71.1 Å². The summed E-state index contributed by atoms with van der Waals surface area (Å²) < 4.78 is 13.8. The number of hydrogen-bond acceptors (Lipinski definition) is 5. The second-order valence-corrected chi connectivity index (χ2v) is 9.38. The van der Waals surface area contributed by atoms with E-state index in [1.54, 1.807) is 18.2 Å². The lowest BCUT2D eigenvalue weighted by Gasteiger charge is -2.11. The minimum Gasteiger partial charge on any atom is -0.322 e. The van der Waals surface area contributed by atoms with E-state index in [2.05, 4.69) is 15.6 Å². The number of thioether (sulfide) groups is 1. The number of nitrogens with one attached hydrogen (secondary N) is 2. The molecule has 1 aromatic heterocycles. The average molecular weight is 478 g/mol. The highest BCUT2D eigenvalue weighted by Gasteiger charge is 2.17. The fourth-order valence-electron chi connectivity index (χ4n) is 3.00. The molecule has 0 fully saturated rings. The summed E-state index contributed by atoms with van der Waals surface area (Å²) in [7, 11) is 0. The van der Waals surface area contributed by atoms with E-state index in [1.807, 2.05) is 54.8 Å². The molecule has 0 aliphatic heterocycles. The van der Waals surface area contributed by atoms with Gasteiger partial charge in [-0.25, -0.2) is 9.37 Å². The Morgan fingerprint density at radius 2 is 1.64 bits per heavy atom. The SMILES string of the molecule is CC(Sc1ccc(NC(=O)c2ccccc2F)cc1)C(=O)Nc1nc(-c2ccccc2)cs1. The van der Waals surface area contributed by atoms with Crippen LogP contribution in [0.3, 0.4) is 0 Å². The van der Waals surface area contributed by atoms with E-state index in [4.69, 9.17) is 0 Å². The monoisotopic (exact) mass is 477 g/mol. The molecule has 3 aromatic carbocycles. The number of halogens is 1. The molecule has 0 saturated heterocycles. The van der Waals surface area contributed by atoms with Crippen LogP contribution in [0.15, 0.2) is 89.1 Å². The van der Waals surface area contributed by atoms with Gasteiger partial charge >= 0.3 is 0 Å². The van der Waals surface area contributed by atoms with Gasteiger partial charge in [-0.15, -0.1) is 23.1 Å². The van der Waals surface area contributed by atoms with Crippen molar-refractivity contribution in [2.24, 2.45) is 0 Å². The van der Waals surface area contributed by atoms with Gasteiger partial charge in [-0.05, 0) is 43.3 Å². The summed E-state index contributed by atoms with van der Waals surface area (Å²) in [5, 5.41) is 7.66. The minimum absolute atomic E-state index is 0.0150. The Balaban J connectivity index is 1.32. The van der Waals surface area contributed by atoms with Crippen LogP contribution < -0.4 is 10.6 Å². The van der Waals surface area contributed by atoms with Crippen molar-refractivity contribution in [2.75, 3.05) is 10.6 Å². The van der Waals surface area contributed by atoms with Crippen molar-refractivity contribution in [3.63, 3.8) is 0 Å². The summed E-state index contributed by atoms with van der Waals surface area (Å²) in [6.45, 7) is 1.82. The first kappa shape index (κ1) is 22.7. The molecule has 5 nitrogen and oxygen atoms in total. The van der Waals surface area contributed by atoms with E-state index in [0.29, 0.717) is 10.8 Å². The highest BCUT2D eigenvalue weighted by Crippen LogP contribution is 2.28. The zero-order valence-electron chi connectivity index (χ0n) is 17.6. The maximum absolute atomic E-state index is 13.8. The number of carbonyl (C=O) groups excluding carboxylic acids is 2. The Labute approximate surface area is 199 Å². The molecule has 33 heavy (non-hydrogen) atoms. The molecule has 1 heterocycles. The number of amides is 2. The van der Waals surface area contributed by atoms with Crippen molar-refractivity contribution in [1.82, 2.24) is 4.98 Å². The summed E-state index contributed by atoms with van der Waals surface area (Å²) in [6.07, 6.45) is 0. The first-order chi connectivity index (χ1) is 16.0. The molecule has 1 atom stereocenters. The highest BCUT2D eigenvalue weighted by atomic mass is 32.2. The first-order valence-corrected chi connectivity index (χ1v) is 11.9. The van der Waals surface area contributed by atoms with E-state index >= 15 is 0 Å². The molecule has 0 aliphatic rings. The largest absolute Gasteiger partial charge is 0.322 e. The number of rotatable bonds is 7. The van der Waals surface area contributed by atoms with Crippen LogP contribution in [-0.2, 0) is 4.79 Å². The summed E-state index contributed by atoms with van der Waals surface area (Å²) in [5.41, 5.74) is 2.35. The van der Waals surface area contributed by atoms with Crippen molar-refractivity contribution in [3.05, 3.63) is 95.6 Å². The molecule has 4 rings (SSSR count). The zero-order chi connectivity index (χ0) is 23.2. The number of thiazole rings is 1. The van der Waals surface area contributed by atoms with Gasteiger partial charge in [0.2, 0.25) is 5.91 Å². The van der Waals surface area contributed by atoms with Crippen LogP contribution in [0.2, 0.25) is 0 Å². The van der Waals surface area contributed by atoms with E-state index < -0.39 is 11.7 Å². The molecule has 0 radical (unpaired) electrons. The molecule has 1 unspecified atom stereocenters. The number of anilines is 2. The maximum Gasteiger partial charge on any atom is 0.258 e. The quantitative estimate of drug-likeness (QED) is 0.306. The molecule has 166 valence electrons. The van der Waals surface area contributed by atoms with Crippen molar-refractivity contribution >= 4 is 45.7 Å². The summed E-state index contributed by atoms with van der Waals surface area (Å²) in [5.74, 6) is -1.23. The van der Waals surface area contributed by atoms with Crippen molar-refractivity contribution in [3.8, 4) is 11.3 Å². The third-order valence-corrected chi connectivity index (χ3v) is 6.59. The first-order valence-electron chi connectivity index (χ1n) is 10.1. The fourth-order valence-corrected chi connectivity index (χ4v) is 4.59. The molecule has 4 aromatic rings. The van der Waals surface area contributed by atoms with E-state index in [0.717, 1.165) is 16.2 Å². The molecule has 8 heteroatoms. The van der Waals surface area contributed by atoms with Crippen LogP contribution in [0, 0.1) is 5.82 Å². The van der Waals surface area contributed by atoms with Gasteiger partial charge in [-0.3, -0.25) is 9.59 Å². The van der Waals surface area contributed by atoms with Crippen molar-refractivity contribution in [2.45, 2.75) is 17.1 Å². The number of nitrogens with zero attached hydrogens (tertiary/aromatic N) is 1. The molecule has 0 aliphatic carbocycles. The molecular formula is C25H20FN3O2S2. The molecular weight excluding hydrogens is 457 g/mol. The summed E-state index contributed by atoms with van der Waals surface area (Å²) in [6, 6.07) is 22.7.